The lowest BCUT2D eigenvalue weighted by Gasteiger charge is -2.39. The minimum absolute atomic E-state index is 0. The van der Waals surface area contributed by atoms with Crippen LogP contribution in [0.2, 0.25) is 0 Å². The summed E-state index contributed by atoms with van der Waals surface area (Å²) in [5, 5.41) is 6.67. The zero-order valence-electron chi connectivity index (χ0n) is 22.7. The zero-order chi connectivity index (χ0) is 25.8. The number of carbonyl (C=O) groups excluding carboxylic acids is 2. The summed E-state index contributed by atoms with van der Waals surface area (Å²) in [4.78, 5) is 38.4. The molecule has 1 saturated heterocycles. The van der Waals surface area contributed by atoms with Gasteiger partial charge in [0, 0.05) is 31.5 Å². The molecule has 0 radical (unpaired) electrons. The number of nitrogens with two attached hydrogens (primary N) is 1. The van der Waals surface area contributed by atoms with Crippen molar-refractivity contribution in [3.63, 3.8) is 0 Å². The normalized spacial score (nSPS) is 23.0. The number of hydrogen-bond acceptors (Lipinski definition) is 6. The number of piperidine rings is 1. The van der Waals surface area contributed by atoms with Gasteiger partial charge in [-0.25, -0.2) is 4.98 Å². The van der Waals surface area contributed by atoms with Gasteiger partial charge in [-0.2, -0.15) is 0 Å². The average Bonchev–Trinajstić information content (AvgIpc) is 3.67. The van der Waals surface area contributed by atoms with Gasteiger partial charge in [-0.15, -0.1) is 24.8 Å². The summed E-state index contributed by atoms with van der Waals surface area (Å²) in [6.07, 6.45) is 11.4. The van der Waals surface area contributed by atoms with Crippen molar-refractivity contribution in [3.8, 4) is 0 Å². The number of rotatable bonds is 9. The van der Waals surface area contributed by atoms with Crippen molar-refractivity contribution in [2.45, 2.75) is 89.4 Å². The predicted octanol–water partition coefficient (Wildman–Crippen LogP) is 4.34. The number of nitrogens with one attached hydrogen (secondary N) is 2. The Balaban J connectivity index is 0.00000210. The van der Waals surface area contributed by atoms with E-state index in [4.69, 9.17) is 5.73 Å². The van der Waals surface area contributed by atoms with Gasteiger partial charge in [0.2, 0.25) is 11.8 Å². The number of nitrogen functional groups attached to an aromatic ring is 1. The van der Waals surface area contributed by atoms with Gasteiger partial charge in [-0.1, -0.05) is 44.2 Å². The number of anilines is 1. The lowest BCUT2D eigenvalue weighted by atomic mass is 9.84. The highest BCUT2D eigenvalue weighted by molar-refractivity contribution is 5.96. The fraction of sp³-hybridized carbons (Fsp3) is 0.586. The quantitative estimate of drug-likeness (QED) is 0.409. The zero-order valence-corrected chi connectivity index (χ0v) is 24.4. The molecule has 214 valence electrons. The van der Waals surface area contributed by atoms with Crippen LogP contribution in [0.4, 0.5) is 5.82 Å². The Labute approximate surface area is 244 Å². The number of aromatic nitrogens is 2. The second-order valence-corrected chi connectivity index (χ2v) is 11.1. The van der Waals surface area contributed by atoms with Crippen LogP contribution in [-0.2, 0) is 22.7 Å². The molecule has 3 heterocycles. The standard InChI is InChI=1S/C29H40N6O2.2ClH/c1-20-22(12-13-26(30)34-20)18-33-28(37)29-17-23(29)10-7-15-35(29)27(36)25(16-21-8-3-2-4-9-21)32-19-24-11-5-6-14-31-24;;/h5-6,11-14,21,23,25,32H,2-4,7-10,15-19H2,1H3,(H2,30,34)(H,33,37);2*1H/t23-,25-,29+;;/m1../s1. The summed E-state index contributed by atoms with van der Waals surface area (Å²) < 4.78 is 0. The van der Waals surface area contributed by atoms with E-state index in [1.807, 2.05) is 36.1 Å². The predicted molar refractivity (Wildman–Crippen MR) is 158 cm³/mol. The molecule has 0 bridgehead atoms. The molecule has 2 amide bonds. The van der Waals surface area contributed by atoms with E-state index in [-0.39, 0.29) is 48.6 Å². The van der Waals surface area contributed by atoms with Crippen LogP contribution in [0.3, 0.4) is 0 Å². The first-order valence-corrected chi connectivity index (χ1v) is 13.9. The third kappa shape index (κ3) is 7.02. The Kier molecular flexibility index (Phi) is 11.0. The monoisotopic (exact) mass is 576 g/mol. The Morgan fingerprint density at radius 2 is 1.87 bits per heavy atom. The van der Waals surface area contributed by atoms with Crippen LogP contribution in [0, 0.1) is 18.8 Å². The van der Waals surface area contributed by atoms with Crippen molar-refractivity contribution < 1.29 is 9.59 Å². The van der Waals surface area contributed by atoms with Crippen molar-refractivity contribution in [3.05, 3.63) is 53.5 Å². The van der Waals surface area contributed by atoms with Crippen LogP contribution in [0.25, 0.3) is 0 Å². The minimum Gasteiger partial charge on any atom is -0.384 e. The molecule has 0 unspecified atom stereocenters. The third-order valence-corrected chi connectivity index (χ3v) is 8.65. The van der Waals surface area contributed by atoms with E-state index in [0.29, 0.717) is 31.4 Å². The first-order valence-electron chi connectivity index (χ1n) is 13.9. The van der Waals surface area contributed by atoms with E-state index >= 15 is 0 Å². The van der Waals surface area contributed by atoms with Gasteiger partial charge in [-0.05, 0) is 68.2 Å². The van der Waals surface area contributed by atoms with Gasteiger partial charge in [-0.3, -0.25) is 14.6 Å². The van der Waals surface area contributed by atoms with Gasteiger partial charge >= 0.3 is 0 Å². The molecule has 0 spiro atoms. The number of nitrogens with zero attached hydrogens (tertiary/aromatic N) is 3. The van der Waals surface area contributed by atoms with E-state index in [0.717, 1.165) is 42.6 Å². The molecular weight excluding hydrogens is 535 g/mol. The number of fused-ring (bicyclic) bond motifs is 1. The second-order valence-electron chi connectivity index (χ2n) is 11.1. The van der Waals surface area contributed by atoms with Crippen molar-refractivity contribution in [2.75, 3.05) is 12.3 Å². The fourth-order valence-electron chi connectivity index (χ4n) is 6.46. The highest BCUT2D eigenvalue weighted by Gasteiger charge is 2.66. The molecule has 3 atom stereocenters. The maximum atomic E-state index is 14.1. The molecule has 1 aliphatic heterocycles. The topological polar surface area (TPSA) is 113 Å². The lowest BCUT2D eigenvalue weighted by molar-refractivity contribution is -0.146. The Morgan fingerprint density at radius 1 is 1.08 bits per heavy atom. The molecule has 39 heavy (non-hydrogen) atoms. The second kappa shape index (κ2) is 13.8. The summed E-state index contributed by atoms with van der Waals surface area (Å²) in [6.45, 7) is 3.47. The number of halogens is 2. The summed E-state index contributed by atoms with van der Waals surface area (Å²) in [5.74, 6) is 1.29. The van der Waals surface area contributed by atoms with Crippen LogP contribution >= 0.6 is 24.8 Å². The van der Waals surface area contributed by atoms with E-state index in [1.54, 1.807) is 12.3 Å². The largest absolute Gasteiger partial charge is 0.384 e. The molecule has 4 N–H and O–H groups in total. The maximum Gasteiger partial charge on any atom is 0.246 e. The minimum atomic E-state index is -0.720. The maximum absolute atomic E-state index is 14.1. The number of likely N-dealkylation sites (tertiary alicyclic amines) is 1. The number of carbonyl (C=O) groups is 2. The first kappa shape index (κ1) is 31.1. The molecule has 2 aliphatic carbocycles. The van der Waals surface area contributed by atoms with Gasteiger partial charge < -0.3 is 21.3 Å². The number of aryl methyl sites for hydroxylation is 1. The molecule has 2 aromatic heterocycles. The molecule has 3 fully saturated rings. The Bertz CT molecular complexity index is 1110. The van der Waals surface area contributed by atoms with Crippen molar-refractivity contribution >= 4 is 42.4 Å². The van der Waals surface area contributed by atoms with Crippen LogP contribution in [0.5, 0.6) is 0 Å². The number of pyridine rings is 2. The van der Waals surface area contributed by atoms with E-state index < -0.39 is 5.54 Å². The van der Waals surface area contributed by atoms with Crippen molar-refractivity contribution in [1.29, 1.82) is 0 Å². The summed E-state index contributed by atoms with van der Waals surface area (Å²) in [6, 6.07) is 9.21. The van der Waals surface area contributed by atoms with Gasteiger partial charge in [0.15, 0.2) is 0 Å². The highest BCUT2D eigenvalue weighted by Crippen LogP contribution is 2.54. The van der Waals surface area contributed by atoms with Crippen LogP contribution in [0.15, 0.2) is 36.5 Å². The number of amides is 2. The molecule has 0 aromatic carbocycles. The van der Waals surface area contributed by atoms with Gasteiger partial charge in [0.25, 0.3) is 0 Å². The average molecular weight is 578 g/mol. The first-order chi connectivity index (χ1) is 18.0. The van der Waals surface area contributed by atoms with Crippen LogP contribution in [0.1, 0.15) is 74.7 Å². The van der Waals surface area contributed by atoms with E-state index in [2.05, 4.69) is 20.6 Å². The summed E-state index contributed by atoms with van der Waals surface area (Å²) >= 11 is 0. The lowest BCUT2D eigenvalue weighted by Crippen LogP contribution is -2.59. The summed E-state index contributed by atoms with van der Waals surface area (Å²) in [7, 11) is 0. The molecule has 3 aliphatic rings. The fourth-order valence-corrected chi connectivity index (χ4v) is 6.46. The van der Waals surface area contributed by atoms with Crippen LogP contribution in [-0.4, -0.2) is 44.8 Å². The molecule has 2 saturated carbocycles. The molecule has 10 heteroatoms. The summed E-state index contributed by atoms with van der Waals surface area (Å²) in [5.41, 5.74) is 7.74. The van der Waals surface area contributed by atoms with E-state index in [1.165, 1.54) is 32.1 Å². The molecular formula is C29H42Cl2N6O2. The van der Waals surface area contributed by atoms with Crippen LogP contribution < -0.4 is 16.4 Å². The van der Waals surface area contributed by atoms with Crippen molar-refractivity contribution in [1.82, 2.24) is 25.5 Å². The SMILES string of the molecule is Cc1nc(N)ccc1CNC(=O)[C@]12C[C@H]1CCCN2C(=O)[C@@H](CC1CCCCC1)NCc1ccccn1.Cl.Cl. The number of hydrogen-bond donors (Lipinski definition) is 3. The Morgan fingerprint density at radius 3 is 2.59 bits per heavy atom. The third-order valence-electron chi connectivity index (χ3n) is 8.65. The molecule has 2 aromatic rings. The molecule has 5 rings (SSSR count). The Hall–Kier alpha value is -2.42. The van der Waals surface area contributed by atoms with E-state index in [9.17, 15) is 9.59 Å². The van der Waals surface area contributed by atoms with Gasteiger partial charge in [0.1, 0.15) is 11.4 Å². The highest BCUT2D eigenvalue weighted by atomic mass is 35.5. The smallest absolute Gasteiger partial charge is 0.246 e. The molecule has 8 nitrogen and oxygen atoms in total. The van der Waals surface area contributed by atoms with Gasteiger partial charge in [0.05, 0.1) is 11.7 Å². The van der Waals surface area contributed by atoms with Crippen molar-refractivity contribution in [2.24, 2.45) is 11.8 Å².